The number of amides is 1. The fraction of sp³-hybridized carbons (Fsp3) is 0.733. The molecule has 0 spiro atoms. The van der Waals surface area contributed by atoms with Crippen molar-refractivity contribution in [3.63, 3.8) is 0 Å². The summed E-state index contributed by atoms with van der Waals surface area (Å²) in [4.78, 5) is 26.1. The van der Waals surface area contributed by atoms with E-state index in [0.717, 1.165) is 17.7 Å². The van der Waals surface area contributed by atoms with Gasteiger partial charge in [-0.3, -0.25) is 4.79 Å². The van der Waals surface area contributed by atoms with Crippen LogP contribution in [0.2, 0.25) is 0 Å². The molecule has 1 saturated carbocycles. The highest BCUT2D eigenvalue weighted by molar-refractivity contribution is 8.03. The summed E-state index contributed by atoms with van der Waals surface area (Å²) in [7, 11) is 0. The maximum Gasteiger partial charge on any atom is 0.353 e. The van der Waals surface area contributed by atoms with Crippen molar-refractivity contribution in [2.75, 3.05) is 0 Å². The van der Waals surface area contributed by atoms with Gasteiger partial charge in [0.25, 0.3) is 0 Å². The Morgan fingerprint density at radius 2 is 2.05 bits per heavy atom. The van der Waals surface area contributed by atoms with E-state index < -0.39 is 5.97 Å². The number of carboxylic acid groups (broad SMARTS) is 1. The molecule has 2 heterocycles. The number of hydrogen-bond acceptors (Lipinski definition) is 3. The molecule has 0 aromatic carbocycles. The van der Waals surface area contributed by atoms with E-state index in [1.54, 1.807) is 16.7 Å². The van der Waals surface area contributed by atoms with Gasteiger partial charge in [0.05, 0.1) is 12.0 Å². The summed E-state index contributed by atoms with van der Waals surface area (Å²) < 4.78 is 0. The normalized spacial score (nSPS) is 30.4. The fourth-order valence-corrected chi connectivity index (χ4v) is 5.23. The maximum absolute atomic E-state index is 12.0. The van der Waals surface area contributed by atoms with Gasteiger partial charge >= 0.3 is 5.97 Å². The van der Waals surface area contributed by atoms with Crippen LogP contribution in [0.15, 0.2) is 10.6 Å². The van der Waals surface area contributed by atoms with Crippen LogP contribution < -0.4 is 0 Å². The summed E-state index contributed by atoms with van der Waals surface area (Å²) >= 11 is 1.73. The number of fused-ring (bicyclic) bond motifs is 1. The third kappa shape index (κ3) is 2.16. The van der Waals surface area contributed by atoms with E-state index in [-0.39, 0.29) is 23.6 Å². The predicted molar refractivity (Wildman–Crippen MR) is 78.2 cm³/mol. The number of rotatable bonds is 4. The van der Waals surface area contributed by atoms with Crippen LogP contribution >= 0.6 is 11.8 Å². The molecule has 1 N–H and O–H groups in total. The summed E-state index contributed by atoms with van der Waals surface area (Å²) in [6.45, 7) is 2.01. The van der Waals surface area contributed by atoms with E-state index in [0.29, 0.717) is 5.25 Å². The number of carboxylic acids is 1. The van der Waals surface area contributed by atoms with Crippen molar-refractivity contribution in [2.45, 2.75) is 63.2 Å². The Morgan fingerprint density at radius 3 is 2.65 bits per heavy atom. The van der Waals surface area contributed by atoms with Gasteiger partial charge in [0.2, 0.25) is 5.91 Å². The summed E-state index contributed by atoms with van der Waals surface area (Å²) in [6.07, 6.45) is 7.72. The minimum Gasteiger partial charge on any atom is -0.477 e. The largest absolute Gasteiger partial charge is 0.477 e. The standard InChI is InChI=1S/C15H21NO3S/c1-2-10-11-8-12(20-9-6-4-3-5-7-9)13(15(18)19)16(11)14(10)17/h9-11H,2-8H2,1H3,(H,18,19)/t10-,11-/m1/s1. The molecule has 0 aromatic rings. The number of thioether (sulfide) groups is 1. The van der Waals surface area contributed by atoms with Crippen LogP contribution in [0.1, 0.15) is 51.9 Å². The Morgan fingerprint density at radius 1 is 1.35 bits per heavy atom. The Kier molecular flexibility index (Phi) is 3.80. The Hall–Kier alpha value is -0.970. The first-order valence-electron chi connectivity index (χ1n) is 7.59. The van der Waals surface area contributed by atoms with Crippen molar-refractivity contribution >= 4 is 23.6 Å². The number of carbonyl (C=O) groups is 2. The minimum absolute atomic E-state index is 0.00847. The molecule has 1 aliphatic carbocycles. The molecule has 0 unspecified atom stereocenters. The SMILES string of the molecule is CC[C@H]1C(=O)N2C(C(=O)O)=C(SC3CCCCC3)C[C@H]12. The molecule has 2 atom stereocenters. The van der Waals surface area contributed by atoms with Crippen LogP contribution in [-0.4, -0.2) is 33.2 Å². The van der Waals surface area contributed by atoms with Gasteiger partial charge in [0.1, 0.15) is 5.70 Å². The van der Waals surface area contributed by atoms with E-state index in [1.807, 2.05) is 6.92 Å². The molecule has 110 valence electrons. The van der Waals surface area contributed by atoms with E-state index in [9.17, 15) is 14.7 Å². The maximum atomic E-state index is 12.0. The molecule has 20 heavy (non-hydrogen) atoms. The molecule has 2 fully saturated rings. The van der Waals surface area contributed by atoms with Crippen molar-refractivity contribution in [1.29, 1.82) is 0 Å². The highest BCUT2D eigenvalue weighted by Gasteiger charge is 2.54. The Bertz CT molecular complexity index is 468. The Balaban J connectivity index is 1.78. The summed E-state index contributed by atoms with van der Waals surface area (Å²) in [5.41, 5.74) is 0.278. The molecular formula is C15H21NO3S. The molecule has 3 aliphatic rings. The lowest BCUT2D eigenvalue weighted by Gasteiger charge is -2.42. The molecule has 3 rings (SSSR count). The van der Waals surface area contributed by atoms with Crippen molar-refractivity contribution in [2.24, 2.45) is 5.92 Å². The first-order valence-corrected chi connectivity index (χ1v) is 8.47. The number of carbonyl (C=O) groups excluding carboxylic acids is 1. The van der Waals surface area contributed by atoms with Crippen LogP contribution in [0.5, 0.6) is 0 Å². The lowest BCUT2D eigenvalue weighted by atomic mass is 9.85. The molecule has 0 aromatic heterocycles. The minimum atomic E-state index is -0.936. The summed E-state index contributed by atoms with van der Waals surface area (Å²) in [5, 5.41) is 9.99. The summed E-state index contributed by atoms with van der Waals surface area (Å²) in [5.74, 6) is -0.892. The van der Waals surface area contributed by atoms with Crippen LogP contribution in [0.3, 0.4) is 0 Å². The third-order valence-corrected chi connectivity index (χ3v) is 6.20. The van der Waals surface area contributed by atoms with Crippen LogP contribution in [0, 0.1) is 5.92 Å². The fourth-order valence-electron chi connectivity index (χ4n) is 3.69. The van der Waals surface area contributed by atoms with Gasteiger partial charge in [0, 0.05) is 16.6 Å². The van der Waals surface area contributed by atoms with Crippen LogP contribution in [0.25, 0.3) is 0 Å². The molecule has 4 nitrogen and oxygen atoms in total. The number of nitrogens with zero attached hydrogens (tertiary/aromatic N) is 1. The van der Waals surface area contributed by atoms with Crippen molar-refractivity contribution in [3.8, 4) is 0 Å². The summed E-state index contributed by atoms with van der Waals surface area (Å²) in [6, 6.07) is 0.115. The van der Waals surface area contributed by atoms with Gasteiger partial charge in [-0.2, -0.15) is 0 Å². The van der Waals surface area contributed by atoms with Crippen LogP contribution in [0.4, 0.5) is 0 Å². The molecule has 0 bridgehead atoms. The lowest BCUT2D eigenvalue weighted by molar-refractivity contribution is -0.155. The van der Waals surface area contributed by atoms with Gasteiger partial charge in [-0.25, -0.2) is 4.79 Å². The molecule has 1 amide bonds. The molecule has 0 radical (unpaired) electrons. The van der Waals surface area contributed by atoms with Crippen molar-refractivity contribution in [3.05, 3.63) is 10.6 Å². The van der Waals surface area contributed by atoms with Crippen molar-refractivity contribution in [1.82, 2.24) is 4.90 Å². The third-order valence-electron chi connectivity index (χ3n) is 4.75. The monoisotopic (exact) mass is 295 g/mol. The first kappa shape index (κ1) is 14.0. The zero-order valence-electron chi connectivity index (χ0n) is 11.8. The number of aliphatic carboxylic acids is 1. The smallest absolute Gasteiger partial charge is 0.353 e. The van der Waals surface area contributed by atoms with Gasteiger partial charge in [-0.15, -0.1) is 11.8 Å². The lowest BCUT2D eigenvalue weighted by Crippen LogP contribution is -2.58. The number of β-lactam (4-membered cyclic amide) rings is 1. The second-order valence-electron chi connectivity index (χ2n) is 5.95. The van der Waals surface area contributed by atoms with Crippen LogP contribution in [-0.2, 0) is 9.59 Å². The van der Waals surface area contributed by atoms with Gasteiger partial charge in [-0.05, 0) is 19.3 Å². The van der Waals surface area contributed by atoms with Gasteiger partial charge in [0.15, 0.2) is 0 Å². The molecular weight excluding hydrogens is 274 g/mol. The molecule has 5 heteroatoms. The Labute approximate surface area is 123 Å². The van der Waals surface area contributed by atoms with Gasteiger partial charge in [-0.1, -0.05) is 26.2 Å². The topological polar surface area (TPSA) is 57.6 Å². The highest BCUT2D eigenvalue weighted by Crippen LogP contribution is 2.49. The first-order chi connectivity index (χ1) is 9.63. The predicted octanol–water partition coefficient (Wildman–Crippen LogP) is 2.99. The average molecular weight is 295 g/mol. The molecule has 1 saturated heterocycles. The number of hydrogen-bond donors (Lipinski definition) is 1. The highest BCUT2D eigenvalue weighted by atomic mass is 32.2. The van der Waals surface area contributed by atoms with Crippen molar-refractivity contribution < 1.29 is 14.7 Å². The van der Waals surface area contributed by atoms with E-state index >= 15 is 0 Å². The zero-order chi connectivity index (χ0) is 14.3. The second-order valence-corrected chi connectivity index (χ2v) is 7.34. The second kappa shape index (κ2) is 5.43. The quantitative estimate of drug-likeness (QED) is 0.810. The van der Waals surface area contributed by atoms with E-state index in [4.69, 9.17) is 0 Å². The van der Waals surface area contributed by atoms with Gasteiger partial charge < -0.3 is 10.0 Å². The average Bonchev–Trinajstić information content (AvgIpc) is 2.76. The zero-order valence-corrected chi connectivity index (χ0v) is 12.6. The van der Waals surface area contributed by atoms with E-state index in [1.165, 1.54) is 32.1 Å². The van der Waals surface area contributed by atoms with E-state index in [2.05, 4.69) is 0 Å². The molecule has 2 aliphatic heterocycles.